The van der Waals surface area contributed by atoms with E-state index < -0.39 is 0 Å². The molecule has 31 heavy (non-hydrogen) atoms. The van der Waals surface area contributed by atoms with Crippen molar-refractivity contribution in [1.29, 1.82) is 0 Å². The molecule has 1 aromatic carbocycles. The van der Waals surface area contributed by atoms with Crippen molar-refractivity contribution in [1.82, 2.24) is 20.6 Å². The number of amides is 3. The van der Waals surface area contributed by atoms with E-state index in [1.54, 1.807) is 12.4 Å². The van der Waals surface area contributed by atoms with Gasteiger partial charge in [-0.15, -0.1) is 0 Å². The number of hydrogen-bond acceptors (Lipinski definition) is 4. The minimum atomic E-state index is -0.175. The highest BCUT2D eigenvalue weighted by atomic mass is 16.2. The van der Waals surface area contributed by atoms with Gasteiger partial charge in [-0.2, -0.15) is 0 Å². The molecule has 6 rings (SSSR count). The Kier molecular flexibility index (Phi) is 5.34. The zero-order chi connectivity index (χ0) is 21.3. The zero-order valence-electron chi connectivity index (χ0n) is 17.6. The minimum Gasteiger partial charge on any atom is -0.338 e. The van der Waals surface area contributed by atoms with E-state index in [0.717, 1.165) is 42.6 Å². The third-order valence-corrected chi connectivity index (χ3v) is 7.02. The summed E-state index contributed by atoms with van der Waals surface area (Å²) < 4.78 is 0. The van der Waals surface area contributed by atoms with Crippen LogP contribution in [-0.2, 0) is 4.79 Å². The number of aromatic nitrogens is 2. The van der Waals surface area contributed by atoms with Gasteiger partial charge in [0.1, 0.15) is 0 Å². The number of nitrogens with one attached hydrogen (secondary N) is 3. The Morgan fingerprint density at radius 3 is 2.16 bits per heavy atom. The van der Waals surface area contributed by atoms with E-state index in [4.69, 9.17) is 0 Å². The van der Waals surface area contributed by atoms with Gasteiger partial charge in [0, 0.05) is 24.1 Å². The van der Waals surface area contributed by atoms with Crippen LogP contribution in [0.2, 0.25) is 0 Å². The summed E-state index contributed by atoms with van der Waals surface area (Å²) >= 11 is 0. The highest BCUT2D eigenvalue weighted by Crippen LogP contribution is 2.55. The second-order valence-electron chi connectivity index (χ2n) is 9.54. The predicted octanol–water partition coefficient (Wildman–Crippen LogP) is 3.74. The van der Waals surface area contributed by atoms with Crippen LogP contribution in [0, 0.1) is 17.8 Å². The SMILES string of the molecule is O=C(CCNC(=O)NC12CC3CC(CC(C3)C1)C2)Nc1cnc(-c2ccccc2)nc1. The van der Waals surface area contributed by atoms with Crippen molar-refractivity contribution in [3.8, 4) is 11.4 Å². The molecule has 162 valence electrons. The molecule has 0 radical (unpaired) electrons. The number of carbonyl (C=O) groups excluding carboxylic acids is 2. The summed E-state index contributed by atoms with van der Waals surface area (Å²) in [7, 11) is 0. The first-order chi connectivity index (χ1) is 15.1. The number of carbonyl (C=O) groups is 2. The second kappa shape index (κ2) is 8.29. The molecule has 4 fully saturated rings. The first-order valence-electron chi connectivity index (χ1n) is 11.3. The fourth-order valence-corrected chi connectivity index (χ4v) is 6.19. The maximum Gasteiger partial charge on any atom is 0.315 e. The number of anilines is 1. The molecule has 1 aromatic heterocycles. The molecule has 4 saturated carbocycles. The normalized spacial score (nSPS) is 28.2. The summed E-state index contributed by atoms with van der Waals surface area (Å²) in [6.07, 6.45) is 10.8. The molecule has 0 aliphatic heterocycles. The number of urea groups is 1. The Bertz CT molecular complexity index is 909. The van der Waals surface area contributed by atoms with Crippen LogP contribution in [0.3, 0.4) is 0 Å². The fraction of sp³-hybridized carbons (Fsp3) is 0.500. The highest BCUT2D eigenvalue weighted by Gasteiger charge is 2.51. The van der Waals surface area contributed by atoms with Gasteiger partial charge in [-0.25, -0.2) is 14.8 Å². The Hall–Kier alpha value is -2.96. The maximum atomic E-state index is 12.5. The minimum absolute atomic E-state index is 0.0149. The van der Waals surface area contributed by atoms with Gasteiger partial charge in [-0.3, -0.25) is 4.79 Å². The number of hydrogen-bond donors (Lipinski definition) is 3. The molecule has 3 N–H and O–H groups in total. The summed E-state index contributed by atoms with van der Waals surface area (Å²) in [6.45, 7) is 0.299. The van der Waals surface area contributed by atoms with Gasteiger partial charge in [0.25, 0.3) is 0 Å². The van der Waals surface area contributed by atoms with Crippen molar-refractivity contribution < 1.29 is 9.59 Å². The lowest BCUT2D eigenvalue weighted by atomic mass is 9.53. The molecule has 2 aromatic rings. The average molecular weight is 420 g/mol. The highest BCUT2D eigenvalue weighted by molar-refractivity contribution is 5.90. The van der Waals surface area contributed by atoms with Crippen molar-refractivity contribution in [2.75, 3.05) is 11.9 Å². The smallest absolute Gasteiger partial charge is 0.315 e. The summed E-state index contributed by atoms with van der Waals surface area (Å²) in [5, 5.41) is 8.92. The lowest BCUT2D eigenvalue weighted by Crippen LogP contribution is -2.61. The summed E-state index contributed by atoms with van der Waals surface area (Å²) in [4.78, 5) is 33.3. The van der Waals surface area contributed by atoms with E-state index in [2.05, 4.69) is 25.9 Å². The summed E-state index contributed by atoms with van der Waals surface area (Å²) in [5.41, 5.74) is 1.45. The molecule has 4 bridgehead atoms. The first-order valence-corrected chi connectivity index (χ1v) is 11.3. The standard InChI is InChI=1S/C24H29N5O2/c30-21(28-20-14-26-22(27-15-20)19-4-2-1-3-5-19)6-7-25-23(31)29-24-11-16-8-17(12-24)10-18(9-16)13-24/h1-5,14-18H,6-13H2,(H,28,30)(H2,25,29,31). The third-order valence-electron chi connectivity index (χ3n) is 7.02. The summed E-state index contributed by atoms with van der Waals surface area (Å²) in [6, 6.07) is 9.53. The van der Waals surface area contributed by atoms with Gasteiger partial charge in [0.15, 0.2) is 5.82 Å². The van der Waals surface area contributed by atoms with Crippen molar-refractivity contribution in [3.63, 3.8) is 0 Å². The molecule has 0 atom stereocenters. The second-order valence-corrected chi connectivity index (χ2v) is 9.54. The van der Waals surface area contributed by atoms with Gasteiger partial charge in [-0.05, 0) is 56.3 Å². The Balaban J connectivity index is 1.06. The van der Waals surface area contributed by atoms with Gasteiger partial charge in [0.2, 0.25) is 5.91 Å². The lowest BCUT2D eigenvalue weighted by Gasteiger charge is -2.56. The Morgan fingerprint density at radius 1 is 0.935 bits per heavy atom. The van der Waals surface area contributed by atoms with E-state index >= 15 is 0 Å². The molecule has 1 heterocycles. The van der Waals surface area contributed by atoms with E-state index in [9.17, 15) is 9.59 Å². The van der Waals surface area contributed by atoms with Crippen LogP contribution in [0.1, 0.15) is 44.9 Å². The van der Waals surface area contributed by atoms with E-state index in [1.807, 2.05) is 30.3 Å². The molecular weight excluding hydrogens is 390 g/mol. The zero-order valence-corrected chi connectivity index (χ0v) is 17.6. The van der Waals surface area contributed by atoms with Crippen molar-refractivity contribution in [2.45, 2.75) is 50.5 Å². The largest absolute Gasteiger partial charge is 0.338 e. The topological polar surface area (TPSA) is 96.0 Å². The van der Waals surface area contributed by atoms with E-state index in [1.165, 1.54) is 19.3 Å². The van der Waals surface area contributed by atoms with Crippen LogP contribution >= 0.6 is 0 Å². The number of benzene rings is 1. The summed E-state index contributed by atoms with van der Waals surface area (Å²) in [5.74, 6) is 2.79. The van der Waals surface area contributed by atoms with Crippen LogP contribution in [0.4, 0.5) is 10.5 Å². The molecule has 0 saturated heterocycles. The van der Waals surface area contributed by atoms with E-state index in [0.29, 0.717) is 18.1 Å². The Morgan fingerprint density at radius 2 is 1.55 bits per heavy atom. The van der Waals surface area contributed by atoms with Crippen molar-refractivity contribution >= 4 is 17.6 Å². The molecule has 3 amide bonds. The van der Waals surface area contributed by atoms with Crippen molar-refractivity contribution in [2.24, 2.45) is 17.8 Å². The number of rotatable bonds is 6. The molecule has 0 unspecified atom stereocenters. The van der Waals surface area contributed by atoms with Crippen LogP contribution in [0.5, 0.6) is 0 Å². The first kappa shape index (κ1) is 20.0. The van der Waals surface area contributed by atoms with Crippen LogP contribution in [-0.4, -0.2) is 34.0 Å². The monoisotopic (exact) mass is 419 g/mol. The van der Waals surface area contributed by atoms with Crippen molar-refractivity contribution in [3.05, 3.63) is 42.7 Å². The maximum absolute atomic E-state index is 12.5. The quantitative estimate of drug-likeness (QED) is 0.665. The predicted molar refractivity (Wildman–Crippen MR) is 118 cm³/mol. The molecule has 4 aliphatic rings. The average Bonchev–Trinajstić information content (AvgIpc) is 2.73. The molecule has 0 spiro atoms. The lowest BCUT2D eigenvalue weighted by molar-refractivity contribution is -0.116. The molecular formula is C24H29N5O2. The third kappa shape index (κ3) is 4.55. The van der Waals surface area contributed by atoms with Gasteiger partial charge in [-0.1, -0.05) is 30.3 Å². The van der Waals surface area contributed by atoms with Crippen LogP contribution in [0.25, 0.3) is 11.4 Å². The van der Waals surface area contributed by atoms with Crippen LogP contribution in [0.15, 0.2) is 42.7 Å². The number of nitrogens with zero attached hydrogens (tertiary/aromatic N) is 2. The van der Waals surface area contributed by atoms with Gasteiger partial charge in [0.05, 0.1) is 18.1 Å². The fourth-order valence-electron chi connectivity index (χ4n) is 6.19. The van der Waals surface area contributed by atoms with Gasteiger partial charge < -0.3 is 16.0 Å². The molecule has 4 aliphatic carbocycles. The van der Waals surface area contributed by atoms with Gasteiger partial charge >= 0.3 is 6.03 Å². The molecule has 7 heteroatoms. The van der Waals surface area contributed by atoms with Crippen LogP contribution < -0.4 is 16.0 Å². The Labute approximate surface area is 182 Å². The van der Waals surface area contributed by atoms with E-state index in [-0.39, 0.29) is 23.9 Å². The molecule has 7 nitrogen and oxygen atoms in total.